The maximum absolute atomic E-state index is 10.5. The smallest absolute Gasteiger partial charge is 0.236 e. The van der Waals surface area contributed by atoms with Crippen LogP contribution in [0, 0.1) is 3.95 Å². The Labute approximate surface area is 160 Å². The minimum absolute atomic E-state index is 0.0530. The molecule has 1 N–H and O–H groups in total. The molecule has 26 heavy (non-hydrogen) atoms. The van der Waals surface area contributed by atoms with Crippen molar-refractivity contribution in [3.8, 4) is 23.1 Å². The molecule has 1 heterocycles. The van der Waals surface area contributed by atoms with Gasteiger partial charge in [-0.25, -0.2) is 0 Å². The van der Waals surface area contributed by atoms with Crippen LogP contribution in [0.2, 0.25) is 0 Å². The van der Waals surface area contributed by atoms with Gasteiger partial charge in [-0.15, -0.1) is 10.2 Å². The number of nitrogens with zero attached hydrogens (tertiary/aromatic N) is 3. The van der Waals surface area contributed by atoms with Gasteiger partial charge in [-0.2, -0.15) is 0 Å². The van der Waals surface area contributed by atoms with E-state index < -0.39 is 0 Å². The first kappa shape index (κ1) is 18.1. The van der Waals surface area contributed by atoms with Gasteiger partial charge in [0.2, 0.25) is 10.9 Å². The van der Waals surface area contributed by atoms with Crippen LogP contribution in [-0.4, -0.2) is 23.4 Å². The van der Waals surface area contributed by atoms with Crippen molar-refractivity contribution in [1.82, 2.24) is 4.57 Å². The lowest BCUT2D eigenvalue weighted by molar-refractivity contribution is 0.340. The van der Waals surface area contributed by atoms with Crippen molar-refractivity contribution in [3.05, 3.63) is 52.5 Å². The van der Waals surface area contributed by atoms with Crippen molar-refractivity contribution in [1.29, 1.82) is 0 Å². The van der Waals surface area contributed by atoms with E-state index in [1.807, 2.05) is 43.3 Å². The first-order valence-corrected chi connectivity index (χ1v) is 9.09. The van der Waals surface area contributed by atoms with Crippen molar-refractivity contribution >= 4 is 34.2 Å². The highest BCUT2D eigenvalue weighted by atomic mass is 32.1. The summed E-state index contributed by atoms with van der Waals surface area (Å²) >= 11 is 6.55. The van der Waals surface area contributed by atoms with Crippen molar-refractivity contribution in [3.63, 3.8) is 0 Å². The molecule has 2 aromatic carbocycles. The van der Waals surface area contributed by atoms with Gasteiger partial charge in [0.05, 0.1) is 19.4 Å². The van der Waals surface area contributed by atoms with E-state index >= 15 is 0 Å². The van der Waals surface area contributed by atoms with Crippen LogP contribution in [0.3, 0.4) is 0 Å². The van der Waals surface area contributed by atoms with Crippen molar-refractivity contribution in [2.75, 3.05) is 13.7 Å². The second-order valence-electron chi connectivity index (χ2n) is 5.13. The number of hydrogen-bond donors (Lipinski definition) is 1. The third kappa shape index (κ3) is 3.76. The fourth-order valence-corrected chi connectivity index (χ4v) is 3.46. The fraction of sp³-hybridized carbons (Fsp3) is 0.167. The lowest BCUT2D eigenvalue weighted by Crippen LogP contribution is -1.94. The van der Waals surface area contributed by atoms with Crippen molar-refractivity contribution < 1.29 is 14.6 Å². The van der Waals surface area contributed by atoms with Crippen LogP contribution in [-0.2, 0) is 0 Å². The van der Waals surface area contributed by atoms with E-state index in [1.54, 1.807) is 23.8 Å². The maximum Gasteiger partial charge on any atom is 0.236 e. The summed E-state index contributed by atoms with van der Waals surface area (Å²) in [4.78, 5) is 0. The Morgan fingerprint density at radius 3 is 2.54 bits per heavy atom. The van der Waals surface area contributed by atoms with Gasteiger partial charge in [0, 0.05) is 0 Å². The zero-order chi connectivity index (χ0) is 18.5. The van der Waals surface area contributed by atoms with E-state index in [0.717, 1.165) is 11.4 Å². The number of ether oxygens (including phenoxy) is 2. The fourth-order valence-electron chi connectivity index (χ4n) is 2.32. The molecule has 8 heteroatoms. The summed E-state index contributed by atoms with van der Waals surface area (Å²) in [5, 5.41) is 19.2. The van der Waals surface area contributed by atoms with E-state index in [-0.39, 0.29) is 5.88 Å². The molecule has 0 radical (unpaired) electrons. The Morgan fingerprint density at radius 2 is 1.85 bits per heavy atom. The molecule has 3 rings (SSSR count). The summed E-state index contributed by atoms with van der Waals surface area (Å²) in [6.07, 6.45) is 0. The van der Waals surface area contributed by atoms with Gasteiger partial charge >= 0.3 is 0 Å². The predicted molar refractivity (Wildman–Crippen MR) is 104 cm³/mol. The third-order valence-electron chi connectivity index (χ3n) is 3.51. The molecule has 1 aromatic heterocycles. The number of thiazole rings is 1. The number of methoxy groups -OCH3 is 1. The van der Waals surface area contributed by atoms with Gasteiger partial charge in [-0.1, -0.05) is 23.5 Å². The molecule has 3 aromatic rings. The highest BCUT2D eigenvalue weighted by Gasteiger charge is 2.13. The molecule has 0 amide bonds. The lowest BCUT2D eigenvalue weighted by atomic mass is 10.3. The van der Waals surface area contributed by atoms with E-state index in [0.29, 0.717) is 27.0 Å². The summed E-state index contributed by atoms with van der Waals surface area (Å²) in [5.74, 6) is 1.31. The van der Waals surface area contributed by atoms with Gasteiger partial charge in [-0.3, -0.25) is 4.57 Å². The molecule has 6 nitrogen and oxygen atoms in total. The second-order valence-corrected chi connectivity index (χ2v) is 6.75. The third-order valence-corrected chi connectivity index (χ3v) is 4.76. The summed E-state index contributed by atoms with van der Waals surface area (Å²) < 4.78 is 12.7. The number of hydrogen-bond acceptors (Lipinski definition) is 7. The standard InChI is InChI=1S/C18H17N3O3S2/c1-3-24-13-10-8-12(9-11-13)21-17(22)16(26-18(21)25)20-19-14-6-4-5-7-15(14)23-2/h4-11,22H,3H2,1-2H3. The molecule has 0 aliphatic carbocycles. The highest BCUT2D eigenvalue weighted by Crippen LogP contribution is 2.39. The van der Waals surface area contributed by atoms with Gasteiger partial charge < -0.3 is 14.6 Å². The largest absolute Gasteiger partial charge is 0.494 e. The number of para-hydroxylation sites is 1. The minimum Gasteiger partial charge on any atom is -0.494 e. The van der Waals surface area contributed by atoms with Crippen LogP contribution in [0.25, 0.3) is 5.69 Å². The number of aromatic hydroxyl groups is 1. The molecule has 0 fully saturated rings. The van der Waals surface area contributed by atoms with E-state index in [9.17, 15) is 5.11 Å². The van der Waals surface area contributed by atoms with Gasteiger partial charge in [0.1, 0.15) is 17.2 Å². The van der Waals surface area contributed by atoms with E-state index in [4.69, 9.17) is 21.7 Å². The minimum atomic E-state index is -0.0530. The van der Waals surface area contributed by atoms with E-state index in [2.05, 4.69) is 10.2 Å². The normalized spacial score (nSPS) is 11.0. The zero-order valence-corrected chi connectivity index (χ0v) is 15.9. The topological polar surface area (TPSA) is 68.3 Å². The quantitative estimate of drug-likeness (QED) is 0.429. The summed E-state index contributed by atoms with van der Waals surface area (Å²) in [6.45, 7) is 2.52. The Balaban J connectivity index is 1.93. The molecule has 0 atom stereocenters. The molecule has 0 aliphatic heterocycles. The molecule has 0 saturated heterocycles. The van der Waals surface area contributed by atoms with Crippen LogP contribution < -0.4 is 9.47 Å². The molecule has 134 valence electrons. The SMILES string of the molecule is CCOc1ccc(-n2c(O)c(N=Nc3ccccc3OC)sc2=S)cc1. The summed E-state index contributed by atoms with van der Waals surface area (Å²) in [5.41, 5.74) is 1.30. The molecular formula is C18H17N3O3S2. The van der Waals surface area contributed by atoms with Crippen LogP contribution in [0.4, 0.5) is 10.7 Å². The van der Waals surface area contributed by atoms with Crippen LogP contribution in [0.15, 0.2) is 58.8 Å². The molecule has 0 bridgehead atoms. The molecule has 0 saturated carbocycles. The van der Waals surface area contributed by atoms with Gasteiger partial charge in [0.15, 0.2) is 3.95 Å². The zero-order valence-electron chi connectivity index (χ0n) is 14.2. The number of benzene rings is 2. The molecule has 0 spiro atoms. The Kier molecular flexibility index (Phi) is 5.65. The Morgan fingerprint density at radius 1 is 1.12 bits per heavy atom. The summed E-state index contributed by atoms with van der Waals surface area (Å²) in [6, 6.07) is 14.6. The first-order valence-electron chi connectivity index (χ1n) is 7.87. The number of aromatic nitrogens is 1. The molecule has 0 aliphatic rings. The van der Waals surface area contributed by atoms with Crippen LogP contribution in [0.5, 0.6) is 17.4 Å². The second kappa shape index (κ2) is 8.11. The number of azo groups is 1. The highest BCUT2D eigenvalue weighted by molar-refractivity contribution is 7.73. The Hall–Kier alpha value is -2.71. The molecular weight excluding hydrogens is 370 g/mol. The van der Waals surface area contributed by atoms with Crippen molar-refractivity contribution in [2.24, 2.45) is 10.2 Å². The van der Waals surface area contributed by atoms with Crippen LogP contribution >= 0.6 is 23.6 Å². The average molecular weight is 387 g/mol. The van der Waals surface area contributed by atoms with Crippen molar-refractivity contribution in [2.45, 2.75) is 6.92 Å². The lowest BCUT2D eigenvalue weighted by Gasteiger charge is -2.06. The van der Waals surface area contributed by atoms with Gasteiger partial charge in [0.25, 0.3) is 0 Å². The monoisotopic (exact) mass is 387 g/mol. The average Bonchev–Trinajstić information content (AvgIpc) is 2.95. The van der Waals surface area contributed by atoms with E-state index in [1.165, 1.54) is 11.3 Å². The number of rotatable bonds is 6. The van der Waals surface area contributed by atoms with Gasteiger partial charge in [-0.05, 0) is 55.5 Å². The summed E-state index contributed by atoms with van der Waals surface area (Å²) in [7, 11) is 1.57. The van der Waals surface area contributed by atoms with Crippen LogP contribution in [0.1, 0.15) is 6.92 Å². The first-order chi connectivity index (χ1) is 12.6. The predicted octanol–water partition coefficient (Wildman–Crippen LogP) is 5.80. The maximum atomic E-state index is 10.5. The Bertz CT molecular complexity index is 978. The molecule has 0 unspecified atom stereocenters.